The van der Waals surface area contributed by atoms with Crippen LogP contribution in [-0.4, -0.2) is 11.1 Å². The number of carbonyl (C=O) groups is 1. The molecule has 4 nitrogen and oxygen atoms in total. The first-order chi connectivity index (χ1) is 9.10. The third-order valence-corrected chi connectivity index (χ3v) is 2.98. The first kappa shape index (κ1) is 13.1. The molecule has 0 spiro atoms. The van der Waals surface area contributed by atoms with Crippen LogP contribution in [-0.2, 0) is 0 Å². The number of benzene rings is 2. The van der Waals surface area contributed by atoms with E-state index >= 15 is 0 Å². The fourth-order valence-electron chi connectivity index (χ4n) is 1.60. The van der Waals surface area contributed by atoms with Crippen LogP contribution in [0.5, 0.6) is 0 Å². The number of carboxylic acids is 1. The lowest BCUT2D eigenvalue weighted by Gasteiger charge is -2.09. The van der Waals surface area contributed by atoms with Gasteiger partial charge in [0.15, 0.2) is 0 Å². The Bertz CT molecular complexity index is 677. The Labute approximate surface area is 118 Å². The van der Waals surface area contributed by atoms with Crippen molar-refractivity contribution in [1.29, 1.82) is 5.26 Å². The largest absolute Gasteiger partial charge is 0.478 e. The van der Waals surface area contributed by atoms with E-state index in [9.17, 15) is 4.79 Å². The van der Waals surface area contributed by atoms with Gasteiger partial charge >= 0.3 is 5.97 Å². The molecule has 94 valence electrons. The molecule has 0 saturated heterocycles. The third-order valence-electron chi connectivity index (χ3n) is 2.49. The van der Waals surface area contributed by atoms with Gasteiger partial charge in [-0.25, -0.2) is 4.79 Å². The Morgan fingerprint density at radius 1 is 1.26 bits per heavy atom. The molecular weight excluding hydrogens is 308 g/mol. The minimum Gasteiger partial charge on any atom is -0.478 e. The van der Waals surface area contributed by atoms with E-state index in [4.69, 9.17) is 10.4 Å². The molecule has 2 aromatic rings. The highest BCUT2D eigenvalue weighted by Gasteiger charge is 2.06. The predicted octanol–water partition coefficient (Wildman–Crippen LogP) is 3.76. The average molecular weight is 317 g/mol. The molecule has 5 heteroatoms. The summed E-state index contributed by atoms with van der Waals surface area (Å²) in [6.07, 6.45) is 0. The number of nitrogens with zero attached hydrogens (tertiary/aromatic N) is 1. The number of carboxylic acid groups (broad SMARTS) is 1. The summed E-state index contributed by atoms with van der Waals surface area (Å²) in [4.78, 5) is 10.9. The number of rotatable bonds is 3. The van der Waals surface area contributed by atoms with E-state index in [-0.39, 0.29) is 5.56 Å². The summed E-state index contributed by atoms with van der Waals surface area (Å²) in [6.45, 7) is 0. The van der Waals surface area contributed by atoms with E-state index in [0.717, 1.165) is 4.47 Å². The van der Waals surface area contributed by atoms with Gasteiger partial charge in [0.2, 0.25) is 0 Å². The molecule has 0 radical (unpaired) electrons. The molecule has 2 N–H and O–H groups in total. The Morgan fingerprint density at radius 3 is 2.74 bits per heavy atom. The van der Waals surface area contributed by atoms with Gasteiger partial charge in [0.1, 0.15) is 6.07 Å². The Hall–Kier alpha value is -2.32. The molecule has 0 heterocycles. The van der Waals surface area contributed by atoms with Crippen LogP contribution in [0.15, 0.2) is 46.9 Å². The van der Waals surface area contributed by atoms with Gasteiger partial charge in [0, 0.05) is 10.2 Å². The van der Waals surface area contributed by atoms with Crippen LogP contribution >= 0.6 is 15.9 Å². The first-order valence-corrected chi connectivity index (χ1v) is 6.19. The van der Waals surface area contributed by atoms with Crippen molar-refractivity contribution in [3.05, 3.63) is 58.1 Å². The number of aromatic carboxylic acids is 1. The molecule has 0 fully saturated rings. The molecule has 0 amide bonds. The van der Waals surface area contributed by atoms with Crippen LogP contribution in [0.2, 0.25) is 0 Å². The van der Waals surface area contributed by atoms with Crippen molar-refractivity contribution in [2.24, 2.45) is 0 Å². The van der Waals surface area contributed by atoms with Crippen molar-refractivity contribution < 1.29 is 9.90 Å². The molecular formula is C14H9BrN2O2. The molecule has 2 rings (SSSR count). The van der Waals surface area contributed by atoms with Gasteiger partial charge in [-0.1, -0.05) is 22.0 Å². The van der Waals surface area contributed by atoms with Crippen LogP contribution < -0.4 is 5.32 Å². The predicted molar refractivity (Wildman–Crippen MR) is 75.5 cm³/mol. The Balaban J connectivity index is 2.36. The maximum absolute atomic E-state index is 10.9. The van der Waals surface area contributed by atoms with Crippen LogP contribution in [0.4, 0.5) is 11.4 Å². The van der Waals surface area contributed by atoms with Crippen LogP contribution in [0.1, 0.15) is 15.9 Å². The molecule has 0 saturated carbocycles. The smallest absolute Gasteiger partial charge is 0.335 e. The van der Waals surface area contributed by atoms with Gasteiger partial charge in [-0.05, 0) is 36.4 Å². The van der Waals surface area contributed by atoms with Gasteiger partial charge in [0.05, 0.1) is 16.8 Å². The number of nitrogens with one attached hydrogen (secondary N) is 1. The fourth-order valence-corrected chi connectivity index (χ4v) is 1.96. The Morgan fingerprint density at radius 2 is 2.05 bits per heavy atom. The molecule has 2 aromatic carbocycles. The normalized spacial score (nSPS) is 9.68. The van der Waals surface area contributed by atoms with Crippen molar-refractivity contribution in [2.75, 3.05) is 5.32 Å². The van der Waals surface area contributed by atoms with Gasteiger partial charge < -0.3 is 10.4 Å². The molecule has 0 atom stereocenters. The summed E-state index contributed by atoms with van der Waals surface area (Å²) < 4.78 is 0.836. The van der Waals surface area contributed by atoms with Crippen LogP contribution in [0.25, 0.3) is 0 Å². The Kier molecular flexibility index (Phi) is 3.83. The van der Waals surface area contributed by atoms with Crippen molar-refractivity contribution in [2.45, 2.75) is 0 Å². The van der Waals surface area contributed by atoms with E-state index in [1.54, 1.807) is 30.3 Å². The van der Waals surface area contributed by atoms with E-state index < -0.39 is 5.97 Å². The summed E-state index contributed by atoms with van der Waals surface area (Å²) in [7, 11) is 0. The zero-order valence-corrected chi connectivity index (χ0v) is 11.3. The summed E-state index contributed by atoms with van der Waals surface area (Å²) in [5, 5.41) is 21.0. The molecule has 0 aliphatic heterocycles. The molecule has 0 aromatic heterocycles. The number of hydrogen-bond acceptors (Lipinski definition) is 3. The van der Waals surface area contributed by atoms with E-state index in [1.807, 2.05) is 0 Å². The van der Waals surface area contributed by atoms with Gasteiger partial charge in [-0.3, -0.25) is 0 Å². The second-order valence-electron chi connectivity index (χ2n) is 3.81. The lowest BCUT2D eigenvalue weighted by molar-refractivity contribution is 0.0697. The summed E-state index contributed by atoms with van der Waals surface area (Å²) in [5.41, 5.74) is 1.93. The highest BCUT2D eigenvalue weighted by Crippen LogP contribution is 2.25. The minimum atomic E-state index is -0.988. The summed E-state index contributed by atoms with van der Waals surface area (Å²) in [5.74, 6) is -0.988. The number of nitriles is 1. The monoisotopic (exact) mass is 316 g/mol. The summed E-state index contributed by atoms with van der Waals surface area (Å²) >= 11 is 3.33. The standard InChI is InChI=1S/C14H9BrN2O2/c15-11-5-4-10(8-16)13(7-11)17-12-3-1-2-9(6-12)14(18)19/h1-7,17H,(H,18,19). The summed E-state index contributed by atoms with van der Waals surface area (Å²) in [6, 6.07) is 13.7. The lowest BCUT2D eigenvalue weighted by atomic mass is 10.1. The average Bonchev–Trinajstić information content (AvgIpc) is 2.39. The minimum absolute atomic E-state index is 0.193. The molecule has 0 unspecified atom stereocenters. The SMILES string of the molecule is N#Cc1ccc(Br)cc1Nc1cccc(C(=O)O)c1. The van der Waals surface area contributed by atoms with E-state index in [0.29, 0.717) is 16.9 Å². The molecule has 19 heavy (non-hydrogen) atoms. The van der Waals surface area contributed by atoms with Crippen LogP contribution in [0, 0.1) is 11.3 Å². The van der Waals surface area contributed by atoms with Crippen molar-refractivity contribution in [3.8, 4) is 6.07 Å². The van der Waals surface area contributed by atoms with Gasteiger partial charge in [-0.2, -0.15) is 5.26 Å². The highest BCUT2D eigenvalue weighted by atomic mass is 79.9. The third kappa shape index (κ3) is 3.12. The molecule has 0 aliphatic rings. The lowest BCUT2D eigenvalue weighted by Crippen LogP contribution is -1.98. The van der Waals surface area contributed by atoms with Crippen LogP contribution in [0.3, 0.4) is 0 Å². The highest BCUT2D eigenvalue weighted by molar-refractivity contribution is 9.10. The van der Waals surface area contributed by atoms with Gasteiger partial charge in [0.25, 0.3) is 0 Å². The number of anilines is 2. The second-order valence-corrected chi connectivity index (χ2v) is 4.73. The second kappa shape index (κ2) is 5.55. The quantitative estimate of drug-likeness (QED) is 0.904. The maximum Gasteiger partial charge on any atom is 0.335 e. The van der Waals surface area contributed by atoms with Crippen molar-refractivity contribution in [1.82, 2.24) is 0 Å². The number of hydrogen-bond donors (Lipinski definition) is 2. The van der Waals surface area contributed by atoms with Crippen molar-refractivity contribution in [3.63, 3.8) is 0 Å². The topological polar surface area (TPSA) is 73.1 Å². The molecule has 0 bridgehead atoms. The first-order valence-electron chi connectivity index (χ1n) is 5.40. The number of halogens is 1. The van der Waals surface area contributed by atoms with E-state index in [2.05, 4.69) is 27.3 Å². The van der Waals surface area contributed by atoms with Crippen molar-refractivity contribution >= 4 is 33.3 Å². The zero-order valence-electron chi connectivity index (χ0n) is 9.72. The van der Waals surface area contributed by atoms with Gasteiger partial charge in [-0.15, -0.1) is 0 Å². The van der Waals surface area contributed by atoms with E-state index in [1.165, 1.54) is 12.1 Å². The fraction of sp³-hybridized carbons (Fsp3) is 0. The zero-order chi connectivity index (χ0) is 13.8. The maximum atomic E-state index is 10.9. The molecule has 0 aliphatic carbocycles.